The fourth-order valence-electron chi connectivity index (χ4n) is 3.97. The summed E-state index contributed by atoms with van der Waals surface area (Å²) in [6.07, 6.45) is 0.914. The van der Waals surface area contributed by atoms with Gasteiger partial charge < -0.3 is 15.2 Å². The number of carbonyl (C=O) groups is 2. The number of carbonyl (C=O) groups excluding carboxylic acids is 1. The predicted octanol–water partition coefficient (Wildman–Crippen LogP) is 3.34. The highest BCUT2D eigenvalue weighted by atomic mass is 16.5. The minimum Gasteiger partial charge on any atom is -0.480 e. The highest BCUT2D eigenvalue weighted by Crippen LogP contribution is 2.44. The van der Waals surface area contributed by atoms with Crippen molar-refractivity contribution < 1.29 is 19.4 Å². The lowest BCUT2D eigenvalue weighted by molar-refractivity contribution is -0.144. The van der Waals surface area contributed by atoms with Crippen LogP contribution in [-0.2, 0) is 23.0 Å². The number of benzene rings is 2. The highest BCUT2D eigenvalue weighted by Gasteiger charge is 2.37. The Morgan fingerprint density at radius 2 is 1.70 bits per heavy atom. The first kappa shape index (κ1) is 19.7. The molecule has 1 heterocycles. The first-order chi connectivity index (χ1) is 14.4. The number of hydrogen-bond acceptors (Lipinski definition) is 4. The molecular formula is C23H23N3O4. The average Bonchev–Trinajstić information content (AvgIpc) is 3.27. The molecule has 0 saturated heterocycles. The Bertz CT molecular complexity index is 1060. The van der Waals surface area contributed by atoms with Crippen LogP contribution in [-0.4, -0.2) is 39.1 Å². The molecule has 2 N–H and O–H groups in total. The fourth-order valence-corrected chi connectivity index (χ4v) is 3.97. The number of nitrogens with zero attached hydrogens (tertiary/aromatic N) is 2. The van der Waals surface area contributed by atoms with Gasteiger partial charge in [0.1, 0.15) is 12.1 Å². The van der Waals surface area contributed by atoms with Gasteiger partial charge in [-0.1, -0.05) is 48.5 Å². The van der Waals surface area contributed by atoms with E-state index in [-0.39, 0.29) is 18.9 Å². The molecule has 7 heteroatoms. The van der Waals surface area contributed by atoms with Gasteiger partial charge in [-0.05, 0) is 35.2 Å². The average molecular weight is 405 g/mol. The van der Waals surface area contributed by atoms with Gasteiger partial charge in [0.05, 0.1) is 0 Å². The molecule has 7 nitrogen and oxygen atoms in total. The van der Waals surface area contributed by atoms with Gasteiger partial charge >= 0.3 is 12.1 Å². The lowest BCUT2D eigenvalue weighted by atomic mass is 9.96. The molecule has 0 spiro atoms. The number of amides is 1. The van der Waals surface area contributed by atoms with E-state index < -0.39 is 17.6 Å². The van der Waals surface area contributed by atoms with Crippen molar-refractivity contribution in [2.24, 2.45) is 7.05 Å². The Hall–Kier alpha value is -3.61. The summed E-state index contributed by atoms with van der Waals surface area (Å²) in [4.78, 5) is 24.4. The Kier molecular flexibility index (Phi) is 5.03. The van der Waals surface area contributed by atoms with E-state index >= 15 is 0 Å². The maximum atomic E-state index is 12.5. The monoisotopic (exact) mass is 405 g/mol. The number of ether oxygens (including phenoxy) is 1. The summed E-state index contributed by atoms with van der Waals surface area (Å²) in [5.41, 5.74) is 3.64. The van der Waals surface area contributed by atoms with Crippen molar-refractivity contribution in [3.05, 3.63) is 77.6 Å². The minimum absolute atomic E-state index is 0.0863. The van der Waals surface area contributed by atoms with Gasteiger partial charge in [-0.3, -0.25) is 4.68 Å². The summed E-state index contributed by atoms with van der Waals surface area (Å²) in [6, 6.07) is 17.8. The second-order valence-electron chi connectivity index (χ2n) is 7.71. The zero-order valence-corrected chi connectivity index (χ0v) is 16.8. The third-order valence-corrected chi connectivity index (χ3v) is 5.65. The number of nitrogens with one attached hydrogen (secondary N) is 1. The van der Waals surface area contributed by atoms with Crippen LogP contribution in [0.25, 0.3) is 11.1 Å². The molecule has 3 aromatic rings. The van der Waals surface area contributed by atoms with Gasteiger partial charge in [0.25, 0.3) is 0 Å². The van der Waals surface area contributed by atoms with E-state index in [0.717, 1.165) is 22.3 Å². The van der Waals surface area contributed by atoms with E-state index in [1.54, 1.807) is 24.0 Å². The third-order valence-electron chi connectivity index (χ3n) is 5.65. The van der Waals surface area contributed by atoms with Crippen LogP contribution in [0.5, 0.6) is 0 Å². The normalized spacial score (nSPS) is 14.5. The number of carboxylic acids is 1. The molecular weight excluding hydrogens is 382 g/mol. The van der Waals surface area contributed by atoms with Crippen molar-refractivity contribution in [2.75, 3.05) is 6.61 Å². The SMILES string of the molecule is Cn1nccc1CC(C)(NC(=O)OCC1c2ccccc2-c2ccccc21)C(=O)O. The molecule has 30 heavy (non-hydrogen) atoms. The van der Waals surface area contributed by atoms with Gasteiger partial charge in [-0.2, -0.15) is 5.10 Å². The topological polar surface area (TPSA) is 93.5 Å². The van der Waals surface area contributed by atoms with E-state index in [1.165, 1.54) is 6.92 Å². The predicted molar refractivity (Wildman–Crippen MR) is 111 cm³/mol. The Labute approximate surface area is 174 Å². The summed E-state index contributed by atoms with van der Waals surface area (Å²) in [5.74, 6) is -1.23. The van der Waals surface area contributed by atoms with Crippen LogP contribution in [0.1, 0.15) is 29.7 Å². The summed E-state index contributed by atoms with van der Waals surface area (Å²) in [7, 11) is 1.73. The van der Waals surface area contributed by atoms with Gasteiger partial charge in [0.15, 0.2) is 0 Å². The maximum Gasteiger partial charge on any atom is 0.408 e. The lowest BCUT2D eigenvalue weighted by Gasteiger charge is -2.26. The molecule has 0 saturated carbocycles. The maximum absolute atomic E-state index is 12.5. The van der Waals surface area contributed by atoms with Crippen molar-refractivity contribution in [1.82, 2.24) is 15.1 Å². The molecule has 0 fully saturated rings. The van der Waals surface area contributed by atoms with Crippen LogP contribution in [0.2, 0.25) is 0 Å². The highest BCUT2D eigenvalue weighted by molar-refractivity contribution is 5.84. The van der Waals surface area contributed by atoms with Crippen molar-refractivity contribution in [1.29, 1.82) is 0 Å². The number of rotatable bonds is 6. The summed E-state index contributed by atoms with van der Waals surface area (Å²) in [6.45, 7) is 1.59. The number of carboxylic acid groups (broad SMARTS) is 1. The molecule has 0 aliphatic heterocycles. The Morgan fingerprint density at radius 1 is 1.10 bits per heavy atom. The molecule has 1 aromatic heterocycles. The first-order valence-corrected chi connectivity index (χ1v) is 9.72. The van der Waals surface area contributed by atoms with Gasteiger partial charge in [-0.25, -0.2) is 9.59 Å². The number of fused-ring (bicyclic) bond motifs is 3. The molecule has 1 aliphatic carbocycles. The van der Waals surface area contributed by atoms with Gasteiger partial charge in [-0.15, -0.1) is 0 Å². The summed E-state index contributed by atoms with van der Waals surface area (Å²) in [5, 5.41) is 16.3. The molecule has 154 valence electrons. The van der Waals surface area contributed by atoms with Crippen LogP contribution in [0, 0.1) is 0 Å². The zero-order valence-electron chi connectivity index (χ0n) is 16.8. The number of alkyl carbamates (subject to hydrolysis) is 1. The fraction of sp³-hybridized carbons (Fsp3) is 0.261. The number of aliphatic carboxylic acids is 1. The van der Waals surface area contributed by atoms with Crippen LogP contribution < -0.4 is 5.32 Å². The smallest absolute Gasteiger partial charge is 0.408 e. The second kappa shape index (κ2) is 7.67. The minimum atomic E-state index is -1.52. The molecule has 0 radical (unpaired) electrons. The van der Waals surface area contributed by atoms with E-state index in [1.807, 2.05) is 36.4 Å². The van der Waals surface area contributed by atoms with Crippen LogP contribution in [0.15, 0.2) is 60.8 Å². The van der Waals surface area contributed by atoms with E-state index in [2.05, 4.69) is 22.5 Å². The molecule has 1 amide bonds. The molecule has 1 aliphatic rings. The number of aryl methyl sites for hydroxylation is 1. The van der Waals surface area contributed by atoms with E-state index in [9.17, 15) is 14.7 Å². The largest absolute Gasteiger partial charge is 0.480 e. The number of hydrogen-bond donors (Lipinski definition) is 2. The van der Waals surface area contributed by atoms with Gasteiger partial charge in [0, 0.05) is 31.3 Å². The standard InChI is InChI=1S/C23H23N3O4/c1-23(21(27)28,13-15-11-12-24-26(15)2)25-22(29)30-14-20-18-9-5-3-7-16(18)17-8-4-6-10-19(17)20/h3-12,20H,13-14H2,1-2H3,(H,25,29)(H,27,28). The molecule has 1 atom stereocenters. The summed E-state index contributed by atoms with van der Waals surface area (Å²) >= 11 is 0. The van der Waals surface area contributed by atoms with Crippen LogP contribution >= 0.6 is 0 Å². The molecule has 4 rings (SSSR count). The summed E-state index contributed by atoms with van der Waals surface area (Å²) < 4.78 is 7.08. The lowest BCUT2D eigenvalue weighted by Crippen LogP contribution is -2.54. The van der Waals surface area contributed by atoms with Crippen molar-refractivity contribution in [2.45, 2.75) is 24.8 Å². The van der Waals surface area contributed by atoms with Crippen molar-refractivity contribution in [3.63, 3.8) is 0 Å². The van der Waals surface area contributed by atoms with Crippen LogP contribution in [0.3, 0.4) is 0 Å². The number of aromatic nitrogens is 2. The molecule has 0 bridgehead atoms. The Morgan fingerprint density at radius 3 is 2.23 bits per heavy atom. The van der Waals surface area contributed by atoms with Crippen molar-refractivity contribution in [3.8, 4) is 11.1 Å². The Balaban J connectivity index is 1.48. The quantitative estimate of drug-likeness (QED) is 0.656. The molecule has 1 unspecified atom stereocenters. The van der Waals surface area contributed by atoms with Gasteiger partial charge in [0.2, 0.25) is 0 Å². The third kappa shape index (κ3) is 3.54. The van der Waals surface area contributed by atoms with E-state index in [4.69, 9.17) is 4.74 Å². The second-order valence-corrected chi connectivity index (χ2v) is 7.71. The zero-order chi connectivity index (χ0) is 21.3. The molecule has 2 aromatic carbocycles. The van der Waals surface area contributed by atoms with E-state index in [0.29, 0.717) is 5.69 Å². The first-order valence-electron chi connectivity index (χ1n) is 9.72. The van der Waals surface area contributed by atoms with Crippen molar-refractivity contribution >= 4 is 12.1 Å². The van der Waals surface area contributed by atoms with Crippen LogP contribution in [0.4, 0.5) is 4.79 Å².